The van der Waals surface area contributed by atoms with E-state index in [2.05, 4.69) is 39.6 Å². The van der Waals surface area contributed by atoms with Crippen LogP contribution in [0, 0.1) is 5.82 Å². The summed E-state index contributed by atoms with van der Waals surface area (Å²) in [6.07, 6.45) is 3.63. The van der Waals surface area contributed by atoms with Crippen molar-refractivity contribution in [3.8, 4) is 0 Å². The molecule has 1 nitrogen and oxygen atoms in total. The molecule has 1 aliphatic rings. The monoisotopic (exact) mass is 353 g/mol. The molecule has 1 aliphatic carbocycles. The second kappa shape index (κ2) is 5.96. The van der Waals surface area contributed by atoms with Gasteiger partial charge in [-0.2, -0.15) is 0 Å². The molecule has 0 radical (unpaired) electrons. The molecule has 1 aromatic carbocycles. The van der Waals surface area contributed by atoms with Crippen LogP contribution in [0.15, 0.2) is 34.1 Å². The van der Waals surface area contributed by atoms with Crippen molar-refractivity contribution in [3.05, 3.63) is 55.9 Å². The van der Waals surface area contributed by atoms with E-state index in [4.69, 9.17) is 0 Å². The molecule has 20 heavy (non-hydrogen) atoms. The topological polar surface area (TPSA) is 12.0 Å². The van der Waals surface area contributed by atoms with Crippen molar-refractivity contribution in [1.82, 2.24) is 5.32 Å². The van der Waals surface area contributed by atoms with Crippen LogP contribution in [0.1, 0.15) is 47.9 Å². The second-order valence-corrected chi connectivity index (χ2v) is 7.16. The van der Waals surface area contributed by atoms with E-state index in [1.165, 1.54) is 35.8 Å². The summed E-state index contributed by atoms with van der Waals surface area (Å²) in [6.45, 7) is 2.14. The molecular weight excluding hydrogens is 337 g/mol. The zero-order valence-corrected chi connectivity index (χ0v) is 13.7. The number of rotatable bonds is 3. The van der Waals surface area contributed by atoms with Gasteiger partial charge in [-0.1, -0.05) is 6.07 Å². The molecule has 0 spiro atoms. The van der Waals surface area contributed by atoms with Crippen molar-refractivity contribution in [2.24, 2.45) is 0 Å². The van der Waals surface area contributed by atoms with Crippen molar-refractivity contribution in [2.75, 3.05) is 0 Å². The Bertz CT molecular complexity index is 610. The van der Waals surface area contributed by atoms with Crippen LogP contribution >= 0.6 is 27.3 Å². The van der Waals surface area contributed by atoms with E-state index < -0.39 is 0 Å². The molecule has 0 saturated carbocycles. The summed E-state index contributed by atoms with van der Waals surface area (Å²) in [6, 6.07) is 8.12. The molecule has 2 aromatic rings. The average Bonchev–Trinajstić information content (AvgIpc) is 2.91. The van der Waals surface area contributed by atoms with Gasteiger partial charge in [0.15, 0.2) is 0 Å². The molecule has 4 heteroatoms. The van der Waals surface area contributed by atoms with Crippen molar-refractivity contribution < 1.29 is 4.39 Å². The van der Waals surface area contributed by atoms with Crippen LogP contribution in [-0.4, -0.2) is 0 Å². The summed E-state index contributed by atoms with van der Waals surface area (Å²) in [5.74, 6) is -0.210. The SMILES string of the molecule is CC(NC1CCCc2sccc21)c1ccc(F)c(Br)c1. The highest BCUT2D eigenvalue weighted by molar-refractivity contribution is 9.10. The van der Waals surface area contributed by atoms with E-state index in [1.807, 2.05) is 23.5 Å². The third kappa shape index (κ3) is 2.83. The Morgan fingerprint density at radius 1 is 1.40 bits per heavy atom. The van der Waals surface area contributed by atoms with Gasteiger partial charge in [0.1, 0.15) is 5.82 Å². The van der Waals surface area contributed by atoms with Gasteiger partial charge in [0.25, 0.3) is 0 Å². The van der Waals surface area contributed by atoms with E-state index in [-0.39, 0.29) is 11.9 Å². The number of nitrogens with one attached hydrogen (secondary N) is 1. The van der Waals surface area contributed by atoms with E-state index in [1.54, 1.807) is 0 Å². The van der Waals surface area contributed by atoms with Gasteiger partial charge in [-0.25, -0.2) is 4.39 Å². The molecule has 0 fully saturated rings. The summed E-state index contributed by atoms with van der Waals surface area (Å²) >= 11 is 5.12. The summed E-state index contributed by atoms with van der Waals surface area (Å²) in [7, 11) is 0. The first-order valence-electron chi connectivity index (χ1n) is 6.92. The molecule has 2 unspecified atom stereocenters. The van der Waals surface area contributed by atoms with Gasteiger partial charge in [-0.15, -0.1) is 11.3 Å². The number of hydrogen-bond acceptors (Lipinski definition) is 2. The second-order valence-electron chi connectivity index (χ2n) is 5.31. The van der Waals surface area contributed by atoms with Crippen LogP contribution in [0.25, 0.3) is 0 Å². The van der Waals surface area contributed by atoms with Crippen LogP contribution in [0.3, 0.4) is 0 Å². The number of halogens is 2. The third-order valence-corrected chi connectivity index (χ3v) is 5.55. The van der Waals surface area contributed by atoms with Crippen LogP contribution in [-0.2, 0) is 6.42 Å². The number of thiophene rings is 1. The number of fused-ring (bicyclic) bond motifs is 1. The summed E-state index contributed by atoms with van der Waals surface area (Å²) in [4.78, 5) is 1.52. The molecule has 0 bridgehead atoms. The number of hydrogen-bond donors (Lipinski definition) is 1. The maximum absolute atomic E-state index is 13.3. The third-order valence-electron chi connectivity index (χ3n) is 3.95. The Kier molecular flexibility index (Phi) is 4.24. The van der Waals surface area contributed by atoms with Crippen molar-refractivity contribution in [2.45, 2.75) is 38.3 Å². The highest BCUT2D eigenvalue weighted by Gasteiger charge is 2.22. The van der Waals surface area contributed by atoms with Crippen molar-refractivity contribution >= 4 is 27.3 Å². The van der Waals surface area contributed by atoms with Gasteiger partial charge >= 0.3 is 0 Å². The number of aryl methyl sites for hydroxylation is 1. The van der Waals surface area contributed by atoms with Gasteiger partial charge in [-0.05, 0) is 76.8 Å². The fraction of sp³-hybridized carbons (Fsp3) is 0.375. The highest BCUT2D eigenvalue weighted by atomic mass is 79.9. The quantitative estimate of drug-likeness (QED) is 0.781. The lowest BCUT2D eigenvalue weighted by molar-refractivity contribution is 0.418. The first-order chi connectivity index (χ1) is 9.65. The minimum Gasteiger partial charge on any atom is -0.303 e. The molecule has 3 rings (SSSR count). The standard InChI is InChI=1S/C16H17BrFNS/c1-10(11-5-6-14(18)13(17)9-11)19-15-3-2-4-16-12(15)7-8-20-16/h5-10,15,19H,2-4H2,1H3. The fourth-order valence-electron chi connectivity index (χ4n) is 2.84. The Morgan fingerprint density at radius 3 is 3.05 bits per heavy atom. The molecule has 1 heterocycles. The molecule has 1 aromatic heterocycles. The van der Waals surface area contributed by atoms with Gasteiger partial charge < -0.3 is 5.32 Å². The largest absolute Gasteiger partial charge is 0.303 e. The summed E-state index contributed by atoms with van der Waals surface area (Å²) in [5, 5.41) is 5.87. The first kappa shape index (κ1) is 14.2. The predicted molar refractivity (Wildman–Crippen MR) is 85.6 cm³/mol. The normalized spacial score (nSPS) is 19.6. The fourth-order valence-corrected chi connectivity index (χ4v) is 4.22. The lowest BCUT2D eigenvalue weighted by Crippen LogP contribution is -2.27. The minimum absolute atomic E-state index is 0.210. The van der Waals surface area contributed by atoms with Crippen LogP contribution < -0.4 is 5.32 Å². The lowest BCUT2D eigenvalue weighted by atomic mass is 9.93. The van der Waals surface area contributed by atoms with E-state index in [0.717, 1.165) is 5.56 Å². The zero-order valence-electron chi connectivity index (χ0n) is 11.3. The highest BCUT2D eigenvalue weighted by Crippen LogP contribution is 2.35. The van der Waals surface area contributed by atoms with Crippen LogP contribution in [0.5, 0.6) is 0 Å². The molecule has 0 amide bonds. The maximum atomic E-state index is 13.3. The molecule has 1 N–H and O–H groups in total. The van der Waals surface area contributed by atoms with Crippen molar-refractivity contribution in [3.63, 3.8) is 0 Å². The van der Waals surface area contributed by atoms with Gasteiger partial charge in [0, 0.05) is 17.0 Å². The van der Waals surface area contributed by atoms with Crippen molar-refractivity contribution in [1.29, 1.82) is 0 Å². The predicted octanol–water partition coefficient (Wildman–Crippen LogP) is 5.38. The number of benzene rings is 1. The summed E-state index contributed by atoms with van der Waals surface area (Å²) < 4.78 is 13.8. The minimum atomic E-state index is -0.210. The summed E-state index contributed by atoms with van der Waals surface area (Å²) in [5.41, 5.74) is 2.56. The smallest absolute Gasteiger partial charge is 0.137 e. The average molecular weight is 354 g/mol. The molecule has 106 valence electrons. The van der Waals surface area contributed by atoms with Gasteiger partial charge in [0.05, 0.1) is 4.47 Å². The van der Waals surface area contributed by atoms with Gasteiger partial charge in [-0.3, -0.25) is 0 Å². The Labute approximate surface area is 131 Å². The maximum Gasteiger partial charge on any atom is 0.137 e. The van der Waals surface area contributed by atoms with E-state index in [0.29, 0.717) is 10.5 Å². The Morgan fingerprint density at radius 2 is 2.25 bits per heavy atom. The van der Waals surface area contributed by atoms with Crippen LogP contribution in [0.2, 0.25) is 0 Å². The Balaban J connectivity index is 1.77. The van der Waals surface area contributed by atoms with E-state index in [9.17, 15) is 4.39 Å². The molecule has 0 aliphatic heterocycles. The van der Waals surface area contributed by atoms with E-state index >= 15 is 0 Å². The first-order valence-corrected chi connectivity index (χ1v) is 8.59. The Hall–Kier alpha value is -0.710. The molecule has 0 saturated heterocycles. The van der Waals surface area contributed by atoms with Crippen LogP contribution in [0.4, 0.5) is 4.39 Å². The lowest BCUT2D eigenvalue weighted by Gasteiger charge is -2.27. The zero-order chi connectivity index (χ0) is 14.1. The van der Waals surface area contributed by atoms with Gasteiger partial charge in [0.2, 0.25) is 0 Å². The molecular formula is C16H17BrFNS. The molecule has 2 atom stereocenters.